The summed E-state index contributed by atoms with van der Waals surface area (Å²) in [5.74, 6) is 2.12. The zero-order valence-electron chi connectivity index (χ0n) is 17.7. The van der Waals surface area contributed by atoms with Crippen LogP contribution in [0.4, 0.5) is 0 Å². The molecule has 0 spiro atoms. The number of ether oxygens (including phenoxy) is 1. The summed E-state index contributed by atoms with van der Waals surface area (Å²) in [5.41, 5.74) is 2.29. The van der Waals surface area contributed by atoms with Crippen LogP contribution in [0.1, 0.15) is 27.2 Å². The second-order valence-corrected chi connectivity index (χ2v) is 8.12. The van der Waals surface area contributed by atoms with E-state index in [2.05, 4.69) is 21.2 Å². The molecule has 0 bridgehead atoms. The number of morpholine rings is 1. The van der Waals surface area contributed by atoms with Gasteiger partial charge in [-0.25, -0.2) is 0 Å². The van der Waals surface area contributed by atoms with Gasteiger partial charge in [0, 0.05) is 38.2 Å². The number of nitrogens with zero attached hydrogens (tertiary/aromatic N) is 3. The predicted molar refractivity (Wildman–Crippen MR) is 124 cm³/mol. The molecule has 0 saturated carbocycles. The molecule has 1 fully saturated rings. The molecule has 1 aromatic heterocycles. The van der Waals surface area contributed by atoms with Crippen LogP contribution in [-0.4, -0.2) is 46.9 Å². The summed E-state index contributed by atoms with van der Waals surface area (Å²) in [6.07, 6.45) is 5.74. The van der Waals surface area contributed by atoms with E-state index < -0.39 is 11.3 Å². The Bertz CT molecular complexity index is 1260. The first kappa shape index (κ1) is 22.0. The van der Waals surface area contributed by atoms with Crippen molar-refractivity contribution >= 4 is 28.4 Å². The Labute approximate surface area is 190 Å². The topological polar surface area (TPSA) is 76.5 Å². The molecule has 8 heteroatoms. The SMILES string of the molecule is C#Cc1cc(CN2CCOCC2)cc2c(=O)c(C(=O)NCc3ccc(Cl)cc3)nn(C)c12. The number of rotatable bonds is 5. The van der Waals surface area contributed by atoms with Crippen molar-refractivity contribution in [1.29, 1.82) is 0 Å². The van der Waals surface area contributed by atoms with E-state index >= 15 is 0 Å². The van der Waals surface area contributed by atoms with Gasteiger partial charge in [0.2, 0.25) is 5.43 Å². The fourth-order valence-corrected chi connectivity index (χ4v) is 3.95. The second-order valence-electron chi connectivity index (χ2n) is 7.68. The average Bonchev–Trinajstić information content (AvgIpc) is 2.81. The number of benzene rings is 2. The molecule has 32 heavy (non-hydrogen) atoms. The number of aromatic nitrogens is 2. The lowest BCUT2D eigenvalue weighted by Crippen LogP contribution is -2.35. The number of aryl methyl sites for hydroxylation is 1. The minimum atomic E-state index is -0.539. The van der Waals surface area contributed by atoms with Crippen molar-refractivity contribution in [3.8, 4) is 12.3 Å². The first-order valence-corrected chi connectivity index (χ1v) is 10.7. The van der Waals surface area contributed by atoms with Gasteiger partial charge in [-0.05, 0) is 35.4 Å². The van der Waals surface area contributed by atoms with E-state index in [9.17, 15) is 9.59 Å². The van der Waals surface area contributed by atoms with Gasteiger partial charge in [-0.3, -0.25) is 19.2 Å². The van der Waals surface area contributed by atoms with Crippen LogP contribution < -0.4 is 10.7 Å². The number of fused-ring (bicyclic) bond motifs is 1. The minimum Gasteiger partial charge on any atom is -0.379 e. The van der Waals surface area contributed by atoms with Gasteiger partial charge in [0.05, 0.1) is 29.7 Å². The maximum absolute atomic E-state index is 13.2. The Morgan fingerprint density at radius 3 is 2.62 bits per heavy atom. The molecule has 0 radical (unpaired) electrons. The van der Waals surface area contributed by atoms with Crippen LogP contribution in [0, 0.1) is 12.3 Å². The highest BCUT2D eigenvalue weighted by Crippen LogP contribution is 2.19. The number of hydrogen-bond acceptors (Lipinski definition) is 5. The third-order valence-corrected chi connectivity index (χ3v) is 5.70. The molecule has 0 aliphatic carbocycles. The summed E-state index contributed by atoms with van der Waals surface area (Å²) in [6, 6.07) is 10.8. The van der Waals surface area contributed by atoms with Gasteiger partial charge >= 0.3 is 0 Å². The van der Waals surface area contributed by atoms with Crippen molar-refractivity contribution in [2.45, 2.75) is 13.1 Å². The number of nitrogens with one attached hydrogen (secondary N) is 1. The Hall–Kier alpha value is -3.18. The van der Waals surface area contributed by atoms with Gasteiger partial charge in [0.25, 0.3) is 5.91 Å². The number of amides is 1. The predicted octanol–water partition coefficient (Wildman–Crippen LogP) is 2.33. The van der Waals surface area contributed by atoms with Crippen molar-refractivity contribution in [2.24, 2.45) is 7.05 Å². The van der Waals surface area contributed by atoms with Gasteiger partial charge < -0.3 is 10.1 Å². The summed E-state index contributed by atoms with van der Waals surface area (Å²) in [6.45, 7) is 3.90. The lowest BCUT2D eigenvalue weighted by molar-refractivity contribution is 0.0342. The molecule has 1 aliphatic heterocycles. The van der Waals surface area contributed by atoms with Crippen molar-refractivity contribution < 1.29 is 9.53 Å². The smallest absolute Gasteiger partial charge is 0.276 e. The van der Waals surface area contributed by atoms with E-state index in [4.69, 9.17) is 22.8 Å². The molecule has 7 nitrogen and oxygen atoms in total. The van der Waals surface area contributed by atoms with E-state index in [0.29, 0.717) is 41.2 Å². The van der Waals surface area contributed by atoms with Crippen LogP contribution in [0.2, 0.25) is 5.02 Å². The van der Waals surface area contributed by atoms with Gasteiger partial charge in [-0.2, -0.15) is 5.10 Å². The maximum atomic E-state index is 13.2. The fourth-order valence-electron chi connectivity index (χ4n) is 3.82. The molecule has 4 rings (SSSR count). The van der Waals surface area contributed by atoms with Crippen LogP contribution in [0.5, 0.6) is 0 Å². The van der Waals surface area contributed by atoms with Gasteiger partial charge in [0.1, 0.15) is 0 Å². The summed E-state index contributed by atoms with van der Waals surface area (Å²) >= 11 is 5.90. The van der Waals surface area contributed by atoms with Crippen LogP contribution in [0.25, 0.3) is 10.9 Å². The molecular formula is C24H23ClN4O3. The zero-order valence-corrected chi connectivity index (χ0v) is 18.5. The van der Waals surface area contributed by atoms with E-state index in [1.54, 1.807) is 19.2 Å². The summed E-state index contributed by atoms with van der Waals surface area (Å²) in [4.78, 5) is 28.3. The lowest BCUT2D eigenvalue weighted by atomic mass is 10.0. The van der Waals surface area contributed by atoms with Crippen LogP contribution >= 0.6 is 11.6 Å². The molecule has 0 atom stereocenters. The fraction of sp³-hybridized carbons (Fsp3) is 0.292. The zero-order chi connectivity index (χ0) is 22.7. The van der Waals surface area contributed by atoms with E-state index in [0.717, 1.165) is 24.2 Å². The average molecular weight is 451 g/mol. The lowest BCUT2D eigenvalue weighted by Gasteiger charge is -2.26. The van der Waals surface area contributed by atoms with Crippen LogP contribution in [0.15, 0.2) is 41.2 Å². The molecule has 3 aromatic rings. The molecular weight excluding hydrogens is 428 g/mol. The maximum Gasteiger partial charge on any atom is 0.276 e. The Morgan fingerprint density at radius 2 is 1.94 bits per heavy atom. The summed E-state index contributed by atoms with van der Waals surface area (Å²) in [7, 11) is 1.68. The highest BCUT2D eigenvalue weighted by atomic mass is 35.5. The third-order valence-electron chi connectivity index (χ3n) is 5.45. The molecule has 1 N–H and O–H groups in total. The first-order chi connectivity index (χ1) is 15.5. The normalized spacial score (nSPS) is 14.3. The Balaban J connectivity index is 1.66. The Kier molecular flexibility index (Phi) is 6.56. The summed E-state index contributed by atoms with van der Waals surface area (Å²) in [5, 5.41) is 7.99. The number of hydrogen-bond donors (Lipinski definition) is 1. The number of terminal acetylenes is 1. The molecule has 2 heterocycles. The van der Waals surface area contributed by atoms with Crippen molar-refractivity contribution in [3.05, 3.63) is 74.0 Å². The van der Waals surface area contributed by atoms with E-state index in [1.165, 1.54) is 4.68 Å². The standard InChI is InChI=1S/C24H23ClN4O3/c1-3-18-12-17(15-29-8-10-32-11-9-29)13-20-22(18)28(2)27-21(23(20)30)24(31)26-14-16-4-6-19(25)7-5-16/h1,4-7,12-13H,8-11,14-15H2,2H3,(H,26,31). The number of carbonyl (C=O) groups is 1. The molecule has 0 unspecified atom stereocenters. The van der Waals surface area contributed by atoms with E-state index in [-0.39, 0.29) is 12.2 Å². The largest absolute Gasteiger partial charge is 0.379 e. The van der Waals surface area contributed by atoms with E-state index in [1.807, 2.05) is 24.3 Å². The third kappa shape index (κ3) is 4.68. The highest BCUT2D eigenvalue weighted by Gasteiger charge is 2.19. The molecule has 1 amide bonds. The van der Waals surface area contributed by atoms with Crippen molar-refractivity contribution in [3.63, 3.8) is 0 Å². The van der Waals surface area contributed by atoms with Gasteiger partial charge in [-0.15, -0.1) is 6.42 Å². The molecule has 164 valence electrons. The molecule has 1 saturated heterocycles. The monoisotopic (exact) mass is 450 g/mol. The number of halogens is 1. The molecule has 1 aliphatic rings. The minimum absolute atomic E-state index is 0.166. The van der Waals surface area contributed by atoms with Gasteiger partial charge in [-0.1, -0.05) is 29.7 Å². The Morgan fingerprint density at radius 1 is 1.22 bits per heavy atom. The second kappa shape index (κ2) is 9.53. The highest BCUT2D eigenvalue weighted by molar-refractivity contribution is 6.30. The van der Waals surface area contributed by atoms with Crippen LogP contribution in [0.3, 0.4) is 0 Å². The van der Waals surface area contributed by atoms with Crippen molar-refractivity contribution in [1.82, 2.24) is 20.0 Å². The quantitative estimate of drug-likeness (QED) is 0.604. The van der Waals surface area contributed by atoms with Crippen molar-refractivity contribution in [2.75, 3.05) is 26.3 Å². The molecule has 2 aromatic carbocycles. The van der Waals surface area contributed by atoms with Crippen LogP contribution in [-0.2, 0) is 24.9 Å². The number of carbonyl (C=O) groups excluding carboxylic acids is 1. The first-order valence-electron chi connectivity index (χ1n) is 10.3. The van der Waals surface area contributed by atoms with Gasteiger partial charge in [0.15, 0.2) is 5.69 Å². The summed E-state index contributed by atoms with van der Waals surface area (Å²) < 4.78 is 6.91.